The van der Waals surface area contributed by atoms with Gasteiger partial charge < -0.3 is 15.0 Å². The molecule has 0 aromatic heterocycles. The number of para-hydroxylation sites is 2. The molecule has 0 bridgehead atoms. The van der Waals surface area contributed by atoms with Crippen LogP contribution in [0.15, 0.2) is 48.5 Å². The Balaban J connectivity index is 1.93. The number of nitrogens with one attached hydrogen (secondary N) is 1. The van der Waals surface area contributed by atoms with Crippen LogP contribution in [0.25, 0.3) is 0 Å². The highest BCUT2D eigenvalue weighted by molar-refractivity contribution is 6.01. The summed E-state index contributed by atoms with van der Waals surface area (Å²) < 4.78 is 6.07. The molecule has 4 nitrogen and oxygen atoms in total. The van der Waals surface area contributed by atoms with Crippen molar-refractivity contribution < 1.29 is 9.53 Å². The molecule has 1 amide bonds. The van der Waals surface area contributed by atoms with Crippen molar-refractivity contribution in [1.29, 1.82) is 0 Å². The minimum Gasteiger partial charge on any atom is -0.493 e. The lowest BCUT2D eigenvalue weighted by Crippen LogP contribution is -2.46. The Morgan fingerprint density at radius 2 is 1.81 bits per heavy atom. The van der Waals surface area contributed by atoms with Crippen LogP contribution in [0.4, 0.5) is 5.69 Å². The van der Waals surface area contributed by atoms with E-state index in [1.807, 2.05) is 67.3 Å². The zero-order valence-electron chi connectivity index (χ0n) is 15.9. The standard InChI is InChI=1S/C22H28N2O2/c1-4-5-10-15-26-20-14-9-7-12-18(20)21-23-19-13-8-6-11-17(19)22(25)24(21)16(2)3/h6-9,11-14,16,21,23H,4-5,10,15H2,1-3H3. The van der Waals surface area contributed by atoms with Crippen molar-refractivity contribution in [2.24, 2.45) is 0 Å². The van der Waals surface area contributed by atoms with Gasteiger partial charge in [-0.2, -0.15) is 0 Å². The van der Waals surface area contributed by atoms with Gasteiger partial charge in [-0.05, 0) is 38.5 Å². The Hall–Kier alpha value is -2.49. The first kappa shape index (κ1) is 18.3. The number of carbonyl (C=O) groups is 1. The van der Waals surface area contributed by atoms with Gasteiger partial charge in [0.05, 0.1) is 12.2 Å². The summed E-state index contributed by atoms with van der Waals surface area (Å²) in [7, 11) is 0. The number of hydrogen-bond donors (Lipinski definition) is 1. The van der Waals surface area contributed by atoms with Crippen molar-refractivity contribution in [3.8, 4) is 5.75 Å². The molecule has 0 saturated carbocycles. The van der Waals surface area contributed by atoms with Gasteiger partial charge in [-0.25, -0.2) is 0 Å². The molecule has 0 fully saturated rings. The predicted octanol–water partition coefficient (Wildman–Crippen LogP) is 5.23. The lowest BCUT2D eigenvalue weighted by atomic mass is 10.0. The first-order chi connectivity index (χ1) is 12.6. The summed E-state index contributed by atoms with van der Waals surface area (Å²) in [6.45, 7) is 6.98. The topological polar surface area (TPSA) is 41.6 Å². The first-order valence-electron chi connectivity index (χ1n) is 9.53. The molecule has 3 rings (SSSR count). The smallest absolute Gasteiger partial charge is 0.258 e. The Morgan fingerprint density at radius 1 is 1.08 bits per heavy atom. The molecule has 1 unspecified atom stereocenters. The summed E-state index contributed by atoms with van der Waals surface area (Å²) in [4.78, 5) is 15.0. The fourth-order valence-electron chi connectivity index (χ4n) is 3.40. The molecule has 0 spiro atoms. The number of rotatable bonds is 7. The summed E-state index contributed by atoms with van der Waals surface area (Å²) in [5.74, 6) is 0.902. The SMILES string of the molecule is CCCCCOc1ccccc1C1Nc2ccccc2C(=O)N1C(C)C. The molecular weight excluding hydrogens is 324 g/mol. The molecule has 1 N–H and O–H groups in total. The maximum atomic E-state index is 13.1. The van der Waals surface area contributed by atoms with Gasteiger partial charge in [0.1, 0.15) is 11.9 Å². The normalized spacial score (nSPS) is 16.4. The molecule has 2 aromatic rings. The first-order valence-corrected chi connectivity index (χ1v) is 9.53. The van der Waals surface area contributed by atoms with Crippen LogP contribution in [-0.2, 0) is 0 Å². The van der Waals surface area contributed by atoms with Crippen LogP contribution in [-0.4, -0.2) is 23.5 Å². The van der Waals surface area contributed by atoms with E-state index >= 15 is 0 Å². The van der Waals surface area contributed by atoms with Crippen molar-refractivity contribution in [3.63, 3.8) is 0 Å². The molecule has 1 aliphatic heterocycles. The summed E-state index contributed by atoms with van der Waals surface area (Å²) in [5, 5.41) is 3.54. The number of nitrogens with zero attached hydrogens (tertiary/aromatic N) is 1. The maximum Gasteiger partial charge on any atom is 0.258 e. The molecule has 0 saturated heterocycles. The largest absolute Gasteiger partial charge is 0.493 e. The Bertz CT molecular complexity index is 757. The molecule has 4 heteroatoms. The van der Waals surface area contributed by atoms with Crippen molar-refractivity contribution in [2.45, 2.75) is 52.2 Å². The fraction of sp³-hybridized carbons (Fsp3) is 0.409. The molecule has 1 aliphatic rings. The van der Waals surface area contributed by atoms with Crippen molar-refractivity contribution in [3.05, 3.63) is 59.7 Å². The lowest BCUT2D eigenvalue weighted by molar-refractivity contribution is 0.0614. The molecule has 26 heavy (non-hydrogen) atoms. The minimum absolute atomic E-state index is 0.0557. The summed E-state index contributed by atoms with van der Waals surface area (Å²) in [6, 6.07) is 15.8. The van der Waals surface area contributed by atoms with Gasteiger partial charge in [-0.1, -0.05) is 50.1 Å². The Kier molecular flexibility index (Phi) is 5.82. The average Bonchev–Trinajstić information content (AvgIpc) is 2.65. The van der Waals surface area contributed by atoms with Crippen LogP contribution >= 0.6 is 0 Å². The summed E-state index contributed by atoms with van der Waals surface area (Å²) in [6.07, 6.45) is 3.13. The van der Waals surface area contributed by atoms with Gasteiger partial charge in [0, 0.05) is 17.3 Å². The van der Waals surface area contributed by atoms with E-state index in [0.717, 1.165) is 35.4 Å². The van der Waals surface area contributed by atoms with E-state index < -0.39 is 0 Å². The van der Waals surface area contributed by atoms with E-state index in [1.165, 1.54) is 6.42 Å². The lowest BCUT2D eigenvalue weighted by Gasteiger charge is -2.41. The van der Waals surface area contributed by atoms with Crippen molar-refractivity contribution in [2.75, 3.05) is 11.9 Å². The van der Waals surface area contributed by atoms with E-state index in [4.69, 9.17) is 4.74 Å². The van der Waals surface area contributed by atoms with E-state index in [0.29, 0.717) is 6.61 Å². The third-order valence-corrected chi connectivity index (χ3v) is 4.74. The van der Waals surface area contributed by atoms with Crippen LogP contribution in [0, 0.1) is 0 Å². The van der Waals surface area contributed by atoms with E-state index in [1.54, 1.807) is 0 Å². The van der Waals surface area contributed by atoms with Gasteiger partial charge in [0.2, 0.25) is 0 Å². The number of anilines is 1. The predicted molar refractivity (Wildman–Crippen MR) is 106 cm³/mol. The molecule has 2 aromatic carbocycles. The molecule has 138 valence electrons. The molecule has 1 heterocycles. The second-order valence-electron chi connectivity index (χ2n) is 6.99. The molecule has 0 aliphatic carbocycles. The molecular formula is C22H28N2O2. The van der Waals surface area contributed by atoms with Crippen LogP contribution in [0.2, 0.25) is 0 Å². The number of ether oxygens (including phenoxy) is 1. The zero-order valence-corrected chi connectivity index (χ0v) is 15.9. The van der Waals surface area contributed by atoms with E-state index in [9.17, 15) is 4.79 Å². The second kappa shape index (κ2) is 8.26. The maximum absolute atomic E-state index is 13.1. The third kappa shape index (κ3) is 3.69. The highest BCUT2D eigenvalue weighted by Crippen LogP contribution is 2.37. The molecule has 1 atom stereocenters. The Labute approximate surface area is 156 Å². The molecule has 0 radical (unpaired) electrons. The van der Waals surface area contributed by atoms with E-state index in [2.05, 4.69) is 12.2 Å². The average molecular weight is 352 g/mol. The number of benzene rings is 2. The number of hydrogen-bond acceptors (Lipinski definition) is 3. The van der Waals surface area contributed by atoms with Crippen molar-refractivity contribution >= 4 is 11.6 Å². The quantitative estimate of drug-likeness (QED) is 0.694. The van der Waals surface area contributed by atoms with Gasteiger partial charge in [-0.15, -0.1) is 0 Å². The fourth-order valence-corrected chi connectivity index (χ4v) is 3.40. The van der Waals surface area contributed by atoms with Crippen LogP contribution in [0.1, 0.15) is 62.1 Å². The zero-order chi connectivity index (χ0) is 18.5. The van der Waals surface area contributed by atoms with Gasteiger partial charge in [0.25, 0.3) is 5.91 Å². The summed E-state index contributed by atoms with van der Waals surface area (Å²) in [5.41, 5.74) is 2.60. The minimum atomic E-state index is -0.236. The number of carbonyl (C=O) groups excluding carboxylic acids is 1. The second-order valence-corrected chi connectivity index (χ2v) is 6.99. The number of amides is 1. The monoisotopic (exact) mass is 352 g/mol. The highest BCUT2D eigenvalue weighted by Gasteiger charge is 2.35. The van der Waals surface area contributed by atoms with Crippen molar-refractivity contribution in [1.82, 2.24) is 4.90 Å². The summed E-state index contributed by atoms with van der Waals surface area (Å²) >= 11 is 0. The number of fused-ring (bicyclic) bond motifs is 1. The van der Waals surface area contributed by atoms with Gasteiger partial charge >= 0.3 is 0 Å². The van der Waals surface area contributed by atoms with Crippen LogP contribution in [0.5, 0.6) is 5.75 Å². The number of unbranched alkanes of at least 4 members (excludes halogenated alkanes) is 2. The van der Waals surface area contributed by atoms with E-state index in [-0.39, 0.29) is 18.1 Å². The highest BCUT2D eigenvalue weighted by atomic mass is 16.5. The van der Waals surface area contributed by atoms with Gasteiger partial charge in [0.15, 0.2) is 0 Å². The van der Waals surface area contributed by atoms with Crippen LogP contribution < -0.4 is 10.1 Å². The third-order valence-electron chi connectivity index (χ3n) is 4.74. The van der Waals surface area contributed by atoms with Gasteiger partial charge in [-0.3, -0.25) is 4.79 Å². The van der Waals surface area contributed by atoms with Crippen LogP contribution in [0.3, 0.4) is 0 Å². The Morgan fingerprint density at radius 3 is 2.58 bits per heavy atom.